The van der Waals surface area contributed by atoms with E-state index in [1.165, 1.54) is 0 Å². The maximum Gasteiger partial charge on any atom is 0.335 e. The van der Waals surface area contributed by atoms with Gasteiger partial charge in [-0.05, 0) is 18.7 Å². The van der Waals surface area contributed by atoms with Gasteiger partial charge < -0.3 is 10.8 Å². The van der Waals surface area contributed by atoms with Crippen molar-refractivity contribution in [2.24, 2.45) is 5.73 Å². The number of rotatable bonds is 4. The molecule has 1 aromatic rings. The Morgan fingerprint density at radius 2 is 1.75 bits per heavy atom. The van der Waals surface area contributed by atoms with Crippen molar-refractivity contribution < 1.29 is 23.5 Å². The third-order valence-electron chi connectivity index (χ3n) is 1.94. The quantitative estimate of drug-likeness (QED) is 0.760. The van der Waals surface area contributed by atoms with Crippen LogP contribution in [0.4, 0.5) is 8.78 Å². The number of carbonyl (C=O) groups is 2. The van der Waals surface area contributed by atoms with E-state index in [0.717, 1.165) is 0 Å². The van der Waals surface area contributed by atoms with Crippen LogP contribution in [-0.2, 0) is 0 Å². The van der Waals surface area contributed by atoms with Crippen LogP contribution >= 0.6 is 0 Å². The molecule has 0 aromatic heterocycles. The number of ketones is 1. The van der Waals surface area contributed by atoms with Crippen LogP contribution in [0.25, 0.3) is 0 Å². The fraction of sp³-hybridized carbons (Fsp3) is 0.200. The van der Waals surface area contributed by atoms with Gasteiger partial charge in [-0.1, -0.05) is 0 Å². The summed E-state index contributed by atoms with van der Waals surface area (Å²) >= 11 is 0. The van der Waals surface area contributed by atoms with Crippen molar-refractivity contribution in [3.8, 4) is 0 Å². The lowest BCUT2D eigenvalue weighted by Crippen LogP contribution is -2.13. The lowest BCUT2D eigenvalue weighted by Gasteiger charge is -2.04. The number of carboxylic acids is 1. The first-order valence-electron chi connectivity index (χ1n) is 4.43. The van der Waals surface area contributed by atoms with Crippen LogP contribution in [0.15, 0.2) is 12.1 Å². The summed E-state index contributed by atoms with van der Waals surface area (Å²) in [5, 5.41) is 8.53. The molecule has 86 valence electrons. The SMILES string of the molecule is NCCC(=O)c1c(F)cc(C(=O)O)cc1F. The van der Waals surface area contributed by atoms with Gasteiger partial charge in [-0.2, -0.15) is 0 Å². The highest BCUT2D eigenvalue weighted by atomic mass is 19.1. The summed E-state index contributed by atoms with van der Waals surface area (Å²) in [6.07, 6.45) is -0.194. The second kappa shape index (κ2) is 4.80. The molecule has 0 bridgehead atoms. The maximum atomic E-state index is 13.3. The molecule has 0 saturated carbocycles. The third-order valence-corrected chi connectivity index (χ3v) is 1.94. The highest BCUT2D eigenvalue weighted by molar-refractivity contribution is 5.98. The Balaban J connectivity index is 3.22. The Morgan fingerprint density at radius 1 is 1.25 bits per heavy atom. The third kappa shape index (κ3) is 2.40. The van der Waals surface area contributed by atoms with Gasteiger partial charge in [0.05, 0.1) is 11.1 Å². The predicted octanol–water partition coefficient (Wildman–Crippen LogP) is 1.19. The van der Waals surface area contributed by atoms with Crippen LogP contribution in [0.2, 0.25) is 0 Å². The Hall–Kier alpha value is -1.82. The number of aromatic carboxylic acids is 1. The highest BCUT2D eigenvalue weighted by Gasteiger charge is 2.19. The molecule has 16 heavy (non-hydrogen) atoms. The maximum absolute atomic E-state index is 13.3. The largest absolute Gasteiger partial charge is 0.478 e. The highest BCUT2D eigenvalue weighted by Crippen LogP contribution is 2.17. The molecule has 0 amide bonds. The molecule has 0 saturated heterocycles. The van der Waals surface area contributed by atoms with Crippen LogP contribution in [0, 0.1) is 11.6 Å². The standard InChI is InChI=1S/C10H9F2NO3/c11-6-3-5(10(15)16)4-7(12)9(6)8(14)1-2-13/h3-4H,1-2,13H2,(H,15,16). The van der Waals surface area contributed by atoms with Crippen molar-refractivity contribution in [3.63, 3.8) is 0 Å². The molecule has 4 nitrogen and oxygen atoms in total. The van der Waals surface area contributed by atoms with Crippen molar-refractivity contribution in [1.82, 2.24) is 0 Å². The Labute approximate surface area is 89.7 Å². The Kier molecular flexibility index (Phi) is 3.68. The minimum Gasteiger partial charge on any atom is -0.478 e. The first kappa shape index (κ1) is 12.3. The molecule has 6 heteroatoms. The lowest BCUT2D eigenvalue weighted by atomic mass is 10.0. The summed E-state index contributed by atoms with van der Waals surface area (Å²) in [5.41, 5.74) is 3.80. The van der Waals surface area contributed by atoms with Gasteiger partial charge in [-0.25, -0.2) is 13.6 Å². The first-order valence-corrected chi connectivity index (χ1v) is 4.43. The fourth-order valence-electron chi connectivity index (χ4n) is 1.22. The summed E-state index contributed by atoms with van der Waals surface area (Å²) in [7, 11) is 0. The van der Waals surface area contributed by atoms with Crippen LogP contribution in [0.3, 0.4) is 0 Å². The number of Topliss-reactive ketones (excluding diaryl/α,β-unsaturated/α-hetero) is 1. The minimum atomic E-state index is -1.46. The van der Waals surface area contributed by atoms with Crippen LogP contribution in [0.1, 0.15) is 27.1 Å². The normalized spacial score (nSPS) is 10.2. The van der Waals surface area contributed by atoms with Crippen molar-refractivity contribution in [1.29, 1.82) is 0 Å². The van der Waals surface area contributed by atoms with E-state index in [4.69, 9.17) is 10.8 Å². The Morgan fingerprint density at radius 3 is 2.12 bits per heavy atom. The molecule has 0 atom stereocenters. The zero-order valence-electron chi connectivity index (χ0n) is 8.17. The number of carboxylic acid groups (broad SMARTS) is 1. The van der Waals surface area contributed by atoms with Gasteiger partial charge >= 0.3 is 5.97 Å². The lowest BCUT2D eigenvalue weighted by molar-refractivity contribution is 0.0695. The fourth-order valence-corrected chi connectivity index (χ4v) is 1.22. The molecule has 0 fully saturated rings. The molecule has 3 N–H and O–H groups in total. The number of hydrogen-bond donors (Lipinski definition) is 2. The van der Waals surface area contributed by atoms with Crippen molar-refractivity contribution in [2.75, 3.05) is 6.54 Å². The van der Waals surface area contributed by atoms with Crippen molar-refractivity contribution in [2.45, 2.75) is 6.42 Å². The van der Waals surface area contributed by atoms with Gasteiger partial charge in [0.2, 0.25) is 0 Å². The molecule has 1 aromatic carbocycles. The summed E-state index contributed by atoms with van der Waals surface area (Å²) in [6, 6.07) is 1.21. The van der Waals surface area contributed by atoms with Crippen LogP contribution < -0.4 is 5.73 Å². The second-order valence-electron chi connectivity index (χ2n) is 3.08. The first-order chi connectivity index (χ1) is 7.47. The zero-order chi connectivity index (χ0) is 12.3. The summed E-state index contributed by atoms with van der Waals surface area (Å²) in [5.74, 6) is -4.61. The zero-order valence-corrected chi connectivity index (χ0v) is 8.17. The summed E-state index contributed by atoms with van der Waals surface area (Å²) in [4.78, 5) is 21.7. The van der Waals surface area contributed by atoms with E-state index in [-0.39, 0.29) is 13.0 Å². The number of nitrogens with two attached hydrogens (primary N) is 1. The smallest absolute Gasteiger partial charge is 0.335 e. The van der Waals surface area contributed by atoms with E-state index >= 15 is 0 Å². The van der Waals surface area contributed by atoms with E-state index in [9.17, 15) is 18.4 Å². The molecule has 0 spiro atoms. The number of hydrogen-bond acceptors (Lipinski definition) is 3. The molecular weight excluding hydrogens is 220 g/mol. The molecule has 0 heterocycles. The van der Waals surface area contributed by atoms with Gasteiger partial charge in [0.25, 0.3) is 0 Å². The Bertz CT molecular complexity index is 423. The van der Waals surface area contributed by atoms with Crippen LogP contribution in [0.5, 0.6) is 0 Å². The van der Waals surface area contributed by atoms with E-state index < -0.39 is 34.5 Å². The second-order valence-corrected chi connectivity index (χ2v) is 3.08. The molecule has 0 unspecified atom stereocenters. The van der Waals surface area contributed by atoms with Gasteiger partial charge in [-0.15, -0.1) is 0 Å². The van der Waals surface area contributed by atoms with Gasteiger partial charge in [0.1, 0.15) is 11.6 Å². The van der Waals surface area contributed by atoms with E-state index in [1.54, 1.807) is 0 Å². The predicted molar refractivity (Wildman–Crippen MR) is 51.3 cm³/mol. The van der Waals surface area contributed by atoms with E-state index in [1.807, 2.05) is 0 Å². The topological polar surface area (TPSA) is 80.4 Å². The molecule has 0 aliphatic carbocycles. The number of carbonyl (C=O) groups excluding carboxylic acids is 1. The molecule has 0 aliphatic heterocycles. The average Bonchev–Trinajstić information content (AvgIpc) is 2.16. The van der Waals surface area contributed by atoms with Crippen LogP contribution in [-0.4, -0.2) is 23.4 Å². The number of halogens is 2. The molecular formula is C10H9F2NO3. The van der Waals surface area contributed by atoms with E-state index in [0.29, 0.717) is 12.1 Å². The minimum absolute atomic E-state index is 0.0294. The average molecular weight is 229 g/mol. The summed E-state index contributed by atoms with van der Waals surface area (Å²) in [6.45, 7) is -0.0294. The number of benzene rings is 1. The van der Waals surface area contributed by atoms with Crippen molar-refractivity contribution in [3.05, 3.63) is 34.9 Å². The van der Waals surface area contributed by atoms with Crippen molar-refractivity contribution >= 4 is 11.8 Å². The molecule has 0 aliphatic rings. The van der Waals surface area contributed by atoms with Gasteiger partial charge in [0, 0.05) is 6.42 Å². The van der Waals surface area contributed by atoms with Gasteiger partial charge in [0.15, 0.2) is 5.78 Å². The molecule has 1 rings (SSSR count). The van der Waals surface area contributed by atoms with Gasteiger partial charge in [-0.3, -0.25) is 4.79 Å². The molecule has 0 radical (unpaired) electrons. The summed E-state index contributed by atoms with van der Waals surface area (Å²) < 4.78 is 26.6. The monoisotopic (exact) mass is 229 g/mol. The van der Waals surface area contributed by atoms with E-state index in [2.05, 4.69) is 0 Å².